The van der Waals surface area contributed by atoms with Crippen LogP contribution in [0.1, 0.15) is 40.5 Å². The van der Waals surface area contributed by atoms with Gasteiger partial charge in [-0.3, -0.25) is 0 Å². The zero-order valence-corrected chi connectivity index (χ0v) is 13.1. The summed E-state index contributed by atoms with van der Waals surface area (Å²) in [4.78, 5) is 0. The molecule has 0 aromatic heterocycles. The Morgan fingerprint density at radius 1 is 1.06 bits per heavy atom. The molecular formula is C14H26SSi. The fourth-order valence-corrected chi connectivity index (χ4v) is 4.76. The third kappa shape index (κ3) is 6.45. The van der Waals surface area contributed by atoms with Crippen LogP contribution in [0, 0.1) is 11.5 Å². The summed E-state index contributed by atoms with van der Waals surface area (Å²) in [6, 6.07) is 3.89. The molecule has 0 unspecified atom stereocenters. The van der Waals surface area contributed by atoms with Gasteiger partial charge in [-0.05, 0) is 41.8 Å². The third-order valence-electron chi connectivity index (χ3n) is 3.23. The number of unbranched alkanes of at least 4 members (excludes halogenated alkanes) is 1. The molecule has 0 nitrogen and oxygen atoms in total. The molecule has 0 aliphatic rings. The van der Waals surface area contributed by atoms with Crippen molar-refractivity contribution in [3.8, 4) is 11.5 Å². The van der Waals surface area contributed by atoms with E-state index >= 15 is 0 Å². The molecule has 0 bridgehead atoms. The minimum absolute atomic E-state index is 1.21. The fourth-order valence-electron chi connectivity index (χ4n) is 1.59. The standard InChI is InChI=1S/C14H26SSi/c1-5-9-12-15-13-10-11-14-16(6-2,7-3)8-4/h10,13H,5-9,12H2,1-4H3. The second-order valence-corrected chi connectivity index (χ2v) is 10.1. The van der Waals surface area contributed by atoms with Gasteiger partial charge in [0.1, 0.15) is 8.07 Å². The van der Waals surface area contributed by atoms with E-state index in [2.05, 4.69) is 44.6 Å². The first kappa shape index (κ1) is 15.9. The van der Waals surface area contributed by atoms with Crippen molar-refractivity contribution in [3.05, 3.63) is 11.5 Å². The largest absolute Gasteiger partial charge is 0.138 e. The zero-order chi connectivity index (χ0) is 12.3. The summed E-state index contributed by atoms with van der Waals surface area (Å²) in [5.74, 6) is 4.50. The van der Waals surface area contributed by atoms with Crippen LogP contribution in [0.2, 0.25) is 18.1 Å². The van der Waals surface area contributed by atoms with Gasteiger partial charge in [0.05, 0.1) is 0 Å². The van der Waals surface area contributed by atoms with E-state index in [1.165, 1.54) is 36.7 Å². The molecule has 0 rings (SSSR count). The highest BCUT2D eigenvalue weighted by Crippen LogP contribution is 2.18. The first-order valence-corrected chi connectivity index (χ1v) is 10.2. The van der Waals surface area contributed by atoms with Crippen molar-refractivity contribution >= 4 is 19.8 Å². The van der Waals surface area contributed by atoms with Crippen LogP contribution >= 0.6 is 11.8 Å². The van der Waals surface area contributed by atoms with Crippen LogP contribution in [0.5, 0.6) is 0 Å². The number of rotatable bonds is 7. The summed E-state index contributed by atoms with van der Waals surface area (Å²) in [5.41, 5.74) is 3.56. The second kappa shape index (κ2) is 10.0. The summed E-state index contributed by atoms with van der Waals surface area (Å²) in [7, 11) is -1.21. The molecule has 92 valence electrons. The van der Waals surface area contributed by atoms with Gasteiger partial charge in [0, 0.05) is 0 Å². The van der Waals surface area contributed by atoms with Crippen molar-refractivity contribution in [2.24, 2.45) is 0 Å². The van der Waals surface area contributed by atoms with Gasteiger partial charge < -0.3 is 0 Å². The Bertz CT molecular complexity index is 235. The van der Waals surface area contributed by atoms with Crippen LogP contribution in [0.4, 0.5) is 0 Å². The molecule has 0 spiro atoms. The second-order valence-electron chi connectivity index (χ2n) is 4.14. The van der Waals surface area contributed by atoms with Gasteiger partial charge in [0.25, 0.3) is 0 Å². The summed E-state index contributed by atoms with van der Waals surface area (Å²) in [5, 5.41) is 2.16. The molecular weight excluding hydrogens is 228 g/mol. The lowest BCUT2D eigenvalue weighted by atomic mass is 10.4. The molecule has 0 radical (unpaired) electrons. The molecule has 0 amide bonds. The van der Waals surface area contributed by atoms with Gasteiger partial charge in [0.2, 0.25) is 0 Å². The van der Waals surface area contributed by atoms with Gasteiger partial charge in [-0.1, -0.05) is 40.0 Å². The van der Waals surface area contributed by atoms with Crippen molar-refractivity contribution in [2.45, 2.75) is 58.7 Å². The van der Waals surface area contributed by atoms with Crippen LogP contribution in [0.15, 0.2) is 11.5 Å². The molecule has 0 saturated heterocycles. The Kier molecular flexibility index (Phi) is 9.97. The quantitative estimate of drug-likeness (QED) is 0.347. The van der Waals surface area contributed by atoms with E-state index in [0.717, 1.165) is 0 Å². The average molecular weight is 255 g/mol. The van der Waals surface area contributed by atoms with Crippen molar-refractivity contribution in [1.82, 2.24) is 0 Å². The van der Waals surface area contributed by atoms with Crippen molar-refractivity contribution in [2.75, 3.05) is 5.75 Å². The first-order valence-electron chi connectivity index (χ1n) is 6.54. The first-order chi connectivity index (χ1) is 7.74. The molecule has 0 aliphatic carbocycles. The molecule has 2 heteroatoms. The topological polar surface area (TPSA) is 0 Å². The van der Waals surface area contributed by atoms with Crippen LogP contribution in [0.3, 0.4) is 0 Å². The molecule has 0 aliphatic heterocycles. The number of hydrogen-bond donors (Lipinski definition) is 0. The molecule has 0 heterocycles. The minimum atomic E-state index is -1.21. The van der Waals surface area contributed by atoms with Gasteiger partial charge in [-0.15, -0.1) is 17.3 Å². The zero-order valence-electron chi connectivity index (χ0n) is 11.3. The van der Waals surface area contributed by atoms with E-state index in [9.17, 15) is 0 Å². The van der Waals surface area contributed by atoms with Crippen LogP contribution in [-0.4, -0.2) is 13.8 Å². The lowest BCUT2D eigenvalue weighted by Crippen LogP contribution is -2.29. The average Bonchev–Trinajstić information content (AvgIpc) is 2.34. The summed E-state index contributed by atoms with van der Waals surface area (Å²) in [6.45, 7) is 9.13. The van der Waals surface area contributed by atoms with Crippen molar-refractivity contribution < 1.29 is 0 Å². The molecule has 16 heavy (non-hydrogen) atoms. The Hall–Kier alpha value is -0.133. The maximum absolute atomic E-state index is 3.56. The Morgan fingerprint density at radius 2 is 1.69 bits per heavy atom. The molecule has 0 aromatic carbocycles. The van der Waals surface area contributed by atoms with Crippen molar-refractivity contribution in [1.29, 1.82) is 0 Å². The molecule has 0 atom stereocenters. The summed E-state index contributed by atoms with van der Waals surface area (Å²) < 4.78 is 0. The lowest BCUT2D eigenvalue weighted by Gasteiger charge is -2.19. The fraction of sp³-hybridized carbons (Fsp3) is 0.714. The number of hydrogen-bond acceptors (Lipinski definition) is 1. The number of allylic oxidation sites excluding steroid dienone is 1. The molecule has 0 saturated carbocycles. The Labute approximate surface area is 107 Å². The van der Waals surface area contributed by atoms with E-state index in [1.807, 2.05) is 17.8 Å². The van der Waals surface area contributed by atoms with E-state index < -0.39 is 8.07 Å². The predicted molar refractivity (Wildman–Crippen MR) is 81.5 cm³/mol. The highest BCUT2D eigenvalue weighted by molar-refractivity contribution is 8.02. The lowest BCUT2D eigenvalue weighted by molar-refractivity contribution is 0.898. The van der Waals surface area contributed by atoms with Gasteiger partial charge in [-0.2, -0.15) is 0 Å². The van der Waals surface area contributed by atoms with Crippen LogP contribution in [-0.2, 0) is 0 Å². The maximum atomic E-state index is 3.56. The van der Waals surface area contributed by atoms with Crippen LogP contribution < -0.4 is 0 Å². The molecule has 0 aromatic rings. The van der Waals surface area contributed by atoms with E-state index in [1.54, 1.807) is 0 Å². The maximum Gasteiger partial charge on any atom is 0.138 e. The normalized spacial score (nSPS) is 11.5. The number of thioether (sulfide) groups is 1. The van der Waals surface area contributed by atoms with Gasteiger partial charge in [-0.25, -0.2) is 0 Å². The monoisotopic (exact) mass is 254 g/mol. The summed E-state index contributed by atoms with van der Waals surface area (Å²) in [6.07, 6.45) is 4.63. The third-order valence-corrected chi connectivity index (χ3v) is 8.82. The van der Waals surface area contributed by atoms with Crippen LogP contribution in [0.25, 0.3) is 0 Å². The SMILES string of the molecule is CCCCSC=CC#C[Si](CC)(CC)CC. The summed E-state index contributed by atoms with van der Waals surface area (Å²) >= 11 is 1.88. The predicted octanol–water partition coefficient (Wildman–Crippen LogP) is 5.08. The smallest absolute Gasteiger partial charge is 0.133 e. The molecule has 0 N–H and O–H groups in total. The highest BCUT2D eigenvalue weighted by Gasteiger charge is 2.23. The Morgan fingerprint density at radius 3 is 2.19 bits per heavy atom. The minimum Gasteiger partial charge on any atom is -0.133 e. The molecule has 0 fully saturated rings. The van der Waals surface area contributed by atoms with Gasteiger partial charge >= 0.3 is 0 Å². The Balaban J connectivity index is 4.06. The van der Waals surface area contributed by atoms with E-state index in [4.69, 9.17) is 0 Å². The highest BCUT2D eigenvalue weighted by atomic mass is 32.2. The van der Waals surface area contributed by atoms with Crippen molar-refractivity contribution in [3.63, 3.8) is 0 Å². The van der Waals surface area contributed by atoms with E-state index in [-0.39, 0.29) is 0 Å². The van der Waals surface area contributed by atoms with E-state index in [0.29, 0.717) is 0 Å². The van der Waals surface area contributed by atoms with Gasteiger partial charge in [0.15, 0.2) is 0 Å².